The molecule has 2 aromatic carbocycles. The van der Waals surface area contributed by atoms with Gasteiger partial charge in [0.1, 0.15) is 5.54 Å². The number of carboxylic acid groups (broad SMARTS) is 1. The first kappa shape index (κ1) is 18.2. The van der Waals surface area contributed by atoms with Crippen molar-refractivity contribution in [2.45, 2.75) is 25.4 Å². The number of carbonyl (C=O) groups excluding carboxylic acids is 2. The number of nitrogen functional groups attached to an aromatic ring is 1. The summed E-state index contributed by atoms with van der Waals surface area (Å²) >= 11 is 0. The van der Waals surface area contributed by atoms with Gasteiger partial charge in [0.15, 0.2) is 0 Å². The molecule has 0 aliphatic carbocycles. The molecule has 2 aromatic rings. The molecule has 140 valence electrons. The Kier molecular flexibility index (Phi) is 4.49. The minimum absolute atomic E-state index is 0.0417. The summed E-state index contributed by atoms with van der Waals surface area (Å²) in [6.45, 7) is 1.67. The number of benzene rings is 2. The number of hydrogen-bond acceptors (Lipinski definition) is 4. The minimum Gasteiger partial charge on any atom is -0.465 e. The molecule has 0 spiro atoms. The van der Waals surface area contributed by atoms with Crippen LogP contribution >= 0.6 is 0 Å². The number of anilines is 2. The summed E-state index contributed by atoms with van der Waals surface area (Å²) in [5.74, 6) is -1.25. The van der Waals surface area contributed by atoms with Crippen molar-refractivity contribution < 1.29 is 19.5 Å². The van der Waals surface area contributed by atoms with Crippen molar-refractivity contribution in [2.24, 2.45) is 5.73 Å². The van der Waals surface area contributed by atoms with Crippen molar-refractivity contribution in [3.8, 4) is 0 Å². The van der Waals surface area contributed by atoms with Gasteiger partial charge < -0.3 is 21.9 Å². The molecule has 8 nitrogen and oxygen atoms in total. The average molecular weight is 368 g/mol. The van der Waals surface area contributed by atoms with Crippen molar-refractivity contribution >= 4 is 29.3 Å². The normalized spacial score (nSPS) is 18.5. The van der Waals surface area contributed by atoms with E-state index in [0.29, 0.717) is 0 Å². The molecule has 1 heterocycles. The van der Waals surface area contributed by atoms with Gasteiger partial charge in [0.05, 0.1) is 23.5 Å². The molecule has 1 aliphatic heterocycles. The van der Waals surface area contributed by atoms with E-state index in [1.165, 1.54) is 12.1 Å². The molecule has 8 heteroatoms. The van der Waals surface area contributed by atoms with Crippen LogP contribution < -0.4 is 16.8 Å². The quantitative estimate of drug-likeness (QED) is 0.612. The molecule has 1 atom stereocenters. The number of nitrogens with zero attached hydrogens (tertiary/aromatic N) is 1. The van der Waals surface area contributed by atoms with Gasteiger partial charge in [0, 0.05) is 6.42 Å². The van der Waals surface area contributed by atoms with Crippen molar-refractivity contribution in [3.63, 3.8) is 0 Å². The Hall–Kier alpha value is -3.55. The molecular formula is C19H20N4O4. The fraction of sp³-hybridized carbons (Fsp3) is 0.211. The predicted molar refractivity (Wildman–Crippen MR) is 100 cm³/mol. The van der Waals surface area contributed by atoms with Gasteiger partial charge in [-0.1, -0.05) is 30.3 Å². The second kappa shape index (κ2) is 6.64. The lowest BCUT2D eigenvalue weighted by Gasteiger charge is -2.42. The Morgan fingerprint density at radius 2 is 1.78 bits per heavy atom. The molecule has 27 heavy (non-hydrogen) atoms. The third-order valence-corrected chi connectivity index (χ3v) is 4.92. The van der Waals surface area contributed by atoms with Crippen molar-refractivity contribution in [3.05, 3.63) is 59.2 Å². The third-order valence-electron chi connectivity index (χ3n) is 4.92. The van der Waals surface area contributed by atoms with Crippen LogP contribution in [0.4, 0.5) is 16.2 Å². The van der Waals surface area contributed by atoms with E-state index in [4.69, 9.17) is 11.5 Å². The summed E-state index contributed by atoms with van der Waals surface area (Å²) in [4.78, 5) is 37.4. The largest absolute Gasteiger partial charge is 0.465 e. The maximum atomic E-state index is 13.1. The van der Waals surface area contributed by atoms with Crippen LogP contribution in [0.15, 0.2) is 42.5 Å². The summed E-state index contributed by atoms with van der Waals surface area (Å²) in [5.41, 5.74) is 12.0. The van der Waals surface area contributed by atoms with Crippen molar-refractivity contribution in [1.82, 2.24) is 4.90 Å². The molecule has 0 radical (unpaired) electrons. The maximum absolute atomic E-state index is 13.1. The monoisotopic (exact) mass is 368 g/mol. The molecule has 3 rings (SSSR count). The van der Waals surface area contributed by atoms with Gasteiger partial charge in [-0.05, 0) is 30.2 Å². The van der Waals surface area contributed by atoms with Crippen LogP contribution in [-0.2, 0) is 17.8 Å². The van der Waals surface area contributed by atoms with Gasteiger partial charge >= 0.3 is 6.09 Å². The highest BCUT2D eigenvalue weighted by atomic mass is 16.4. The fourth-order valence-corrected chi connectivity index (χ4v) is 3.32. The number of amides is 3. The van der Waals surface area contributed by atoms with Gasteiger partial charge in [0.2, 0.25) is 0 Å². The second-order valence-electron chi connectivity index (χ2n) is 6.67. The number of hydrogen-bond donors (Lipinski definition) is 4. The van der Waals surface area contributed by atoms with Crippen LogP contribution in [0.5, 0.6) is 0 Å². The van der Waals surface area contributed by atoms with E-state index in [-0.39, 0.29) is 29.9 Å². The van der Waals surface area contributed by atoms with Gasteiger partial charge in [0.25, 0.3) is 11.8 Å². The highest BCUT2D eigenvalue weighted by Crippen LogP contribution is 2.33. The first-order chi connectivity index (χ1) is 12.7. The Morgan fingerprint density at radius 3 is 2.41 bits per heavy atom. The molecule has 0 bridgehead atoms. The third kappa shape index (κ3) is 3.17. The van der Waals surface area contributed by atoms with E-state index in [1.807, 2.05) is 24.3 Å². The smallest absolute Gasteiger partial charge is 0.408 e. The van der Waals surface area contributed by atoms with E-state index in [0.717, 1.165) is 16.0 Å². The Bertz CT molecular complexity index is 943. The predicted octanol–water partition coefficient (Wildman–Crippen LogP) is 1.80. The number of rotatable bonds is 3. The number of nitrogens with one attached hydrogen (secondary N) is 1. The van der Waals surface area contributed by atoms with Crippen LogP contribution in [0.1, 0.15) is 28.4 Å². The van der Waals surface area contributed by atoms with E-state index in [2.05, 4.69) is 5.32 Å². The zero-order valence-corrected chi connectivity index (χ0v) is 14.7. The molecule has 0 fully saturated rings. The Morgan fingerprint density at radius 1 is 1.11 bits per heavy atom. The summed E-state index contributed by atoms with van der Waals surface area (Å²) in [6, 6.07) is 11.9. The molecule has 0 saturated heterocycles. The summed E-state index contributed by atoms with van der Waals surface area (Å²) < 4.78 is 0. The summed E-state index contributed by atoms with van der Waals surface area (Å²) in [6.07, 6.45) is -0.975. The zero-order chi connectivity index (χ0) is 19.8. The minimum atomic E-state index is -1.34. The lowest BCUT2D eigenvalue weighted by Crippen LogP contribution is -2.59. The van der Waals surface area contributed by atoms with Crippen LogP contribution in [0.25, 0.3) is 0 Å². The van der Waals surface area contributed by atoms with E-state index in [9.17, 15) is 19.5 Å². The maximum Gasteiger partial charge on any atom is 0.408 e. The van der Waals surface area contributed by atoms with Crippen LogP contribution in [0.3, 0.4) is 0 Å². The van der Waals surface area contributed by atoms with Crippen LogP contribution in [0.2, 0.25) is 0 Å². The first-order valence-electron chi connectivity index (χ1n) is 8.31. The Balaban J connectivity index is 1.96. The van der Waals surface area contributed by atoms with Gasteiger partial charge in [-0.2, -0.15) is 0 Å². The topological polar surface area (TPSA) is 139 Å². The first-order valence-corrected chi connectivity index (χ1v) is 8.31. The van der Waals surface area contributed by atoms with Gasteiger partial charge in [-0.15, -0.1) is 0 Å². The second-order valence-corrected chi connectivity index (χ2v) is 6.67. The number of carbonyl (C=O) groups is 3. The lowest BCUT2D eigenvalue weighted by atomic mass is 9.83. The van der Waals surface area contributed by atoms with Crippen molar-refractivity contribution in [2.75, 3.05) is 11.1 Å². The summed E-state index contributed by atoms with van der Waals surface area (Å²) in [5, 5.41) is 12.3. The molecular weight excluding hydrogens is 348 g/mol. The molecule has 0 aromatic heterocycles. The standard InChI is InChI=1S/C19H20N4O4/c1-19(9-11-5-2-3-6-12(11)10-23(19)18(26)27)17(25)22-14-8-4-7-13(15(14)20)16(21)24/h2-8H,9-10,20H2,1H3,(H2,21,24)(H,22,25)(H,26,27). The van der Waals surface area contributed by atoms with Crippen LogP contribution in [-0.4, -0.2) is 33.5 Å². The van der Waals surface area contributed by atoms with E-state index < -0.39 is 23.4 Å². The fourth-order valence-electron chi connectivity index (χ4n) is 3.32. The lowest BCUT2D eigenvalue weighted by molar-refractivity contribution is -0.127. The van der Waals surface area contributed by atoms with Gasteiger partial charge in [-0.3, -0.25) is 14.5 Å². The van der Waals surface area contributed by atoms with Crippen LogP contribution in [0, 0.1) is 0 Å². The number of fused-ring (bicyclic) bond motifs is 1. The molecule has 1 unspecified atom stereocenters. The molecule has 1 aliphatic rings. The SMILES string of the molecule is CC1(C(=O)Nc2cccc(C(N)=O)c2N)Cc2ccccc2CN1C(=O)O. The number of para-hydroxylation sites is 1. The Labute approximate surface area is 155 Å². The summed E-state index contributed by atoms with van der Waals surface area (Å²) in [7, 11) is 0. The highest BCUT2D eigenvalue weighted by molar-refractivity contribution is 6.06. The number of nitrogens with two attached hydrogens (primary N) is 2. The zero-order valence-electron chi connectivity index (χ0n) is 14.7. The number of primary amides is 1. The van der Waals surface area contributed by atoms with Crippen molar-refractivity contribution in [1.29, 1.82) is 0 Å². The van der Waals surface area contributed by atoms with E-state index in [1.54, 1.807) is 13.0 Å². The van der Waals surface area contributed by atoms with Gasteiger partial charge in [-0.25, -0.2) is 4.79 Å². The highest BCUT2D eigenvalue weighted by Gasteiger charge is 2.46. The molecule has 3 amide bonds. The molecule has 0 saturated carbocycles. The van der Waals surface area contributed by atoms with E-state index >= 15 is 0 Å². The average Bonchev–Trinajstić information content (AvgIpc) is 2.62. The molecule has 6 N–H and O–H groups in total.